The SMILES string of the molecule is COC(=O)/C(=C(/[O-])OC)C(C(=O)OC)C(=O)OC. The van der Waals surface area contributed by atoms with E-state index in [2.05, 4.69) is 18.9 Å². The van der Waals surface area contributed by atoms with Gasteiger partial charge in [-0.3, -0.25) is 9.59 Å². The number of methoxy groups -OCH3 is 4. The maximum atomic E-state index is 11.4. The van der Waals surface area contributed by atoms with Crippen molar-refractivity contribution >= 4 is 17.9 Å². The molecular formula is C10H13O8-. The van der Waals surface area contributed by atoms with Crippen LogP contribution >= 0.6 is 0 Å². The van der Waals surface area contributed by atoms with Crippen LogP contribution in [-0.2, 0) is 33.3 Å². The lowest BCUT2D eigenvalue weighted by Gasteiger charge is -2.20. The van der Waals surface area contributed by atoms with Crippen molar-refractivity contribution in [1.29, 1.82) is 0 Å². The molecule has 0 aliphatic rings. The topological polar surface area (TPSA) is 111 Å². The fourth-order valence-electron chi connectivity index (χ4n) is 1.11. The monoisotopic (exact) mass is 261 g/mol. The van der Waals surface area contributed by atoms with E-state index in [1.807, 2.05) is 0 Å². The van der Waals surface area contributed by atoms with Gasteiger partial charge in [-0.15, -0.1) is 0 Å². The van der Waals surface area contributed by atoms with Gasteiger partial charge in [-0.05, 0) is 7.11 Å². The number of carbonyl (C=O) groups excluding carboxylic acids is 3. The summed E-state index contributed by atoms with van der Waals surface area (Å²) < 4.78 is 17.3. The molecule has 0 N–H and O–H groups in total. The molecule has 0 spiro atoms. The average Bonchev–Trinajstić information content (AvgIpc) is 2.41. The van der Waals surface area contributed by atoms with Gasteiger partial charge >= 0.3 is 17.9 Å². The quantitative estimate of drug-likeness (QED) is 0.190. The maximum absolute atomic E-state index is 11.4. The summed E-state index contributed by atoms with van der Waals surface area (Å²) >= 11 is 0. The van der Waals surface area contributed by atoms with Crippen molar-refractivity contribution in [2.24, 2.45) is 5.92 Å². The lowest BCUT2D eigenvalue weighted by molar-refractivity contribution is -0.355. The predicted octanol–water partition coefficient (Wildman–Crippen LogP) is -1.66. The second-order valence-corrected chi connectivity index (χ2v) is 2.88. The minimum atomic E-state index is -1.85. The molecule has 0 atom stereocenters. The molecule has 0 amide bonds. The lowest BCUT2D eigenvalue weighted by Crippen LogP contribution is -2.34. The molecule has 0 rings (SSSR count). The summed E-state index contributed by atoms with van der Waals surface area (Å²) in [6.07, 6.45) is 0. The zero-order valence-corrected chi connectivity index (χ0v) is 10.3. The Balaban J connectivity index is 5.72. The van der Waals surface area contributed by atoms with Gasteiger partial charge in [-0.2, -0.15) is 0 Å². The van der Waals surface area contributed by atoms with Crippen LogP contribution in [0.15, 0.2) is 11.5 Å². The second-order valence-electron chi connectivity index (χ2n) is 2.88. The molecule has 18 heavy (non-hydrogen) atoms. The van der Waals surface area contributed by atoms with Crippen LogP contribution < -0.4 is 5.11 Å². The van der Waals surface area contributed by atoms with E-state index in [9.17, 15) is 19.5 Å². The number of esters is 3. The Morgan fingerprint density at radius 3 is 1.56 bits per heavy atom. The summed E-state index contributed by atoms with van der Waals surface area (Å²) in [5.41, 5.74) is -0.807. The van der Waals surface area contributed by atoms with E-state index in [0.717, 1.165) is 28.4 Å². The molecule has 0 heterocycles. The highest BCUT2D eigenvalue weighted by atomic mass is 16.6. The normalized spacial score (nSPS) is 11.4. The first-order valence-electron chi connectivity index (χ1n) is 4.63. The number of rotatable bonds is 5. The van der Waals surface area contributed by atoms with Gasteiger partial charge in [0.2, 0.25) is 0 Å². The third-order valence-corrected chi connectivity index (χ3v) is 1.97. The first kappa shape index (κ1) is 15.8. The third kappa shape index (κ3) is 3.37. The molecule has 8 nitrogen and oxygen atoms in total. The first-order valence-corrected chi connectivity index (χ1v) is 4.63. The zero-order chi connectivity index (χ0) is 14.3. The largest absolute Gasteiger partial charge is 0.616 e. The second kappa shape index (κ2) is 7.15. The van der Waals surface area contributed by atoms with Gasteiger partial charge in [0.1, 0.15) is 0 Å². The van der Waals surface area contributed by atoms with E-state index in [-0.39, 0.29) is 0 Å². The molecule has 0 bridgehead atoms. The highest BCUT2D eigenvalue weighted by Crippen LogP contribution is 2.19. The Kier molecular flexibility index (Phi) is 6.26. The van der Waals surface area contributed by atoms with Crippen LogP contribution in [0.2, 0.25) is 0 Å². The molecule has 0 saturated heterocycles. The Labute approximate surface area is 103 Å². The van der Waals surface area contributed by atoms with Crippen molar-refractivity contribution in [2.45, 2.75) is 0 Å². The number of ether oxygens (including phenoxy) is 4. The highest BCUT2D eigenvalue weighted by molar-refractivity contribution is 6.07. The number of hydrogen-bond acceptors (Lipinski definition) is 8. The Morgan fingerprint density at radius 1 is 0.833 bits per heavy atom. The van der Waals surface area contributed by atoms with E-state index in [4.69, 9.17) is 0 Å². The van der Waals surface area contributed by atoms with Crippen LogP contribution in [0.4, 0.5) is 0 Å². The van der Waals surface area contributed by atoms with Crippen LogP contribution in [-0.4, -0.2) is 46.3 Å². The molecule has 0 unspecified atom stereocenters. The third-order valence-electron chi connectivity index (χ3n) is 1.97. The summed E-state index contributed by atoms with van der Waals surface area (Å²) in [4.78, 5) is 34.3. The van der Waals surface area contributed by atoms with Gasteiger partial charge in [0.05, 0.1) is 32.8 Å². The van der Waals surface area contributed by atoms with Crippen LogP contribution in [0.5, 0.6) is 0 Å². The van der Waals surface area contributed by atoms with Crippen molar-refractivity contribution in [1.82, 2.24) is 0 Å². The molecule has 0 radical (unpaired) electrons. The van der Waals surface area contributed by atoms with Crippen LogP contribution in [0.3, 0.4) is 0 Å². The van der Waals surface area contributed by atoms with Gasteiger partial charge in [-0.25, -0.2) is 4.79 Å². The van der Waals surface area contributed by atoms with Crippen molar-refractivity contribution in [2.75, 3.05) is 28.4 Å². The minimum Gasteiger partial charge on any atom is -0.616 e. The first-order chi connectivity index (χ1) is 8.44. The molecule has 0 fully saturated rings. The highest BCUT2D eigenvalue weighted by Gasteiger charge is 2.38. The van der Waals surface area contributed by atoms with E-state index >= 15 is 0 Å². The maximum Gasteiger partial charge on any atom is 0.337 e. The molecule has 0 aromatic rings. The fraction of sp³-hybridized carbons (Fsp3) is 0.500. The van der Waals surface area contributed by atoms with Crippen molar-refractivity contribution in [3.05, 3.63) is 11.5 Å². The average molecular weight is 261 g/mol. The summed E-state index contributed by atoms with van der Waals surface area (Å²) in [5, 5.41) is 11.4. The van der Waals surface area contributed by atoms with Gasteiger partial charge < -0.3 is 24.1 Å². The van der Waals surface area contributed by atoms with E-state index < -0.39 is 35.3 Å². The molecule has 0 aromatic heterocycles. The van der Waals surface area contributed by atoms with Crippen molar-refractivity contribution in [3.8, 4) is 0 Å². The summed E-state index contributed by atoms with van der Waals surface area (Å²) in [6, 6.07) is 0. The molecule has 0 aliphatic carbocycles. The van der Waals surface area contributed by atoms with E-state index in [1.54, 1.807) is 0 Å². The van der Waals surface area contributed by atoms with Gasteiger partial charge in [0.25, 0.3) is 0 Å². The Bertz CT molecular complexity index is 354. The molecule has 0 aliphatic heterocycles. The van der Waals surface area contributed by atoms with Gasteiger partial charge in [0, 0.05) is 0 Å². The van der Waals surface area contributed by atoms with Crippen LogP contribution in [0.1, 0.15) is 0 Å². The number of hydrogen-bond donors (Lipinski definition) is 0. The van der Waals surface area contributed by atoms with E-state index in [0.29, 0.717) is 0 Å². The van der Waals surface area contributed by atoms with Crippen LogP contribution in [0.25, 0.3) is 0 Å². The fourth-order valence-corrected chi connectivity index (χ4v) is 1.11. The lowest BCUT2D eigenvalue weighted by atomic mass is 10.00. The molecule has 8 heteroatoms. The van der Waals surface area contributed by atoms with Crippen molar-refractivity contribution < 1.29 is 38.4 Å². The summed E-state index contributed by atoms with van der Waals surface area (Å²) in [7, 11) is 3.95. The van der Waals surface area contributed by atoms with E-state index in [1.165, 1.54) is 0 Å². The zero-order valence-electron chi connectivity index (χ0n) is 10.3. The minimum absolute atomic E-state index is 0.807. The van der Waals surface area contributed by atoms with Crippen molar-refractivity contribution in [3.63, 3.8) is 0 Å². The predicted molar refractivity (Wildman–Crippen MR) is 53.6 cm³/mol. The van der Waals surface area contributed by atoms with Gasteiger partial charge in [-0.1, -0.05) is 0 Å². The van der Waals surface area contributed by atoms with Gasteiger partial charge in [0.15, 0.2) is 5.92 Å². The Hall–Kier alpha value is -2.25. The molecule has 0 aromatic carbocycles. The summed E-state index contributed by atoms with van der Waals surface area (Å²) in [5.74, 6) is -6.47. The molecular weight excluding hydrogens is 248 g/mol. The summed E-state index contributed by atoms with van der Waals surface area (Å²) in [6.45, 7) is 0. The molecule has 102 valence electrons. The standard InChI is InChI=1S/C10H14O8/c1-15-7(11)5(8(12)16-2)6(9(13)17-3)10(14)18-4/h5,13H,1-4H3/p-1/b9-6-. The van der Waals surface area contributed by atoms with Crippen LogP contribution in [0, 0.1) is 5.92 Å². The smallest absolute Gasteiger partial charge is 0.337 e. The molecule has 0 saturated carbocycles. The number of carbonyl (C=O) groups is 3. The Morgan fingerprint density at radius 2 is 1.28 bits per heavy atom.